The van der Waals surface area contributed by atoms with Crippen LogP contribution in [-0.2, 0) is 33.1 Å². The third-order valence-corrected chi connectivity index (χ3v) is 9.11. The van der Waals surface area contributed by atoms with Crippen molar-refractivity contribution in [1.29, 1.82) is 0 Å². The molecule has 0 saturated heterocycles. The number of benzene rings is 2. The molecule has 2 heterocycles. The summed E-state index contributed by atoms with van der Waals surface area (Å²) >= 11 is 1.64. The molecule has 0 bridgehead atoms. The van der Waals surface area contributed by atoms with Gasteiger partial charge in [-0.2, -0.15) is 16.8 Å². The zero-order chi connectivity index (χ0) is 23.3. The molecule has 0 spiro atoms. The van der Waals surface area contributed by atoms with Crippen molar-refractivity contribution in [3.05, 3.63) is 35.4 Å². The summed E-state index contributed by atoms with van der Waals surface area (Å²) < 4.78 is 65.0. The molecule has 0 fully saturated rings. The molecule has 2 aromatic carbocycles. The van der Waals surface area contributed by atoms with Crippen molar-refractivity contribution in [3.8, 4) is 0 Å². The Bertz CT molecular complexity index is 1480. The molecule has 2 N–H and O–H groups in total. The molecule has 0 amide bonds. The summed E-state index contributed by atoms with van der Waals surface area (Å²) in [7, 11) is -8.95. The second-order valence-electron chi connectivity index (χ2n) is 6.66. The standard InChI is InChI=1S/C18H16N4O6S4/c1-3-9-5-7-11-15(19-17(29-11)31(23,24)25)13(9)21-22-14-10(4-2)6-8-12-16(14)20-18(30-12)32(26,27)28/h5-8H,3-4H2,1-2H3,(H,23,24,25)(H,26,27,28). The summed E-state index contributed by atoms with van der Waals surface area (Å²) in [6.07, 6.45) is 1.13. The third-order valence-electron chi connectivity index (χ3n) is 4.65. The van der Waals surface area contributed by atoms with Gasteiger partial charge in [-0.05, 0) is 36.1 Å². The van der Waals surface area contributed by atoms with E-state index in [2.05, 4.69) is 20.2 Å². The first-order valence-electron chi connectivity index (χ1n) is 9.24. The van der Waals surface area contributed by atoms with Crippen molar-refractivity contribution < 1.29 is 25.9 Å². The maximum absolute atomic E-state index is 11.5. The second-order valence-corrected chi connectivity index (χ2v) is 11.9. The van der Waals surface area contributed by atoms with Gasteiger partial charge in [0.05, 0.1) is 9.40 Å². The summed E-state index contributed by atoms with van der Waals surface area (Å²) in [5, 5.41) is 8.69. The molecule has 4 aromatic rings. The van der Waals surface area contributed by atoms with Crippen LogP contribution in [0.25, 0.3) is 20.4 Å². The molecule has 0 atom stereocenters. The fourth-order valence-electron chi connectivity index (χ4n) is 3.12. The summed E-state index contributed by atoms with van der Waals surface area (Å²) in [4.78, 5) is 8.09. The Morgan fingerprint density at radius 2 is 1.12 bits per heavy atom. The number of rotatable bonds is 6. The van der Waals surface area contributed by atoms with Crippen LogP contribution in [0.5, 0.6) is 0 Å². The smallest absolute Gasteiger partial charge is 0.280 e. The van der Waals surface area contributed by atoms with Gasteiger partial charge in [0, 0.05) is 0 Å². The van der Waals surface area contributed by atoms with Gasteiger partial charge in [-0.25, -0.2) is 9.97 Å². The molecule has 10 nitrogen and oxygen atoms in total. The Morgan fingerprint density at radius 1 is 0.750 bits per heavy atom. The van der Waals surface area contributed by atoms with E-state index in [9.17, 15) is 25.9 Å². The lowest BCUT2D eigenvalue weighted by molar-refractivity contribution is 0.480. The predicted octanol–water partition coefficient (Wildman–Crippen LogP) is 4.94. The quantitative estimate of drug-likeness (QED) is 0.271. The molecule has 0 unspecified atom stereocenters. The highest BCUT2D eigenvalue weighted by molar-refractivity contribution is 7.88. The van der Waals surface area contributed by atoms with Crippen LogP contribution < -0.4 is 0 Å². The Balaban J connectivity index is 1.94. The van der Waals surface area contributed by atoms with Gasteiger partial charge < -0.3 is 0 Å². The van der Waals surface area contributed by atoms with E-state index >= 15 is 0 Å². The molecule has 14 heteroatoms. The maximum atomic E-state index is 11.5. The highest BCUT2D eigenvalue weighted by atomic mass is 32.3. The SMILES string of the molecule is CCc1ccc2sc(S(=O)(=O)O)nc2c1N=Nc1c(CC)ccc2sc(S(=O)(=O)O)nc12. The normalized spacial score (nSPS) is 13.0. The minimum atomic E-state index is -4.47. The van der Waals surface area contributed by atoms with Crippen LogP contribution in [0, 0.1) is 0 Å². The van der Waals surface area contributed by atoms with Gasteiger partial charge >= 0.3 is 20.2 Å². The predicted molar refractivity (Wildman–Crippen MR) is 122 cm³/mol. The fraction of sp³-hybridized carbons (Fsp3) is 0.222. The average Bonchev–Trinajstić information content (AvgIpc) is 3.35. The first-order valence-corrected chi connectivity index (χ1v) is 13.8. The highest BCUT2D eigenvalue weighted by Crippen LogP contribution is 2.39. The zero-order valence-corrected chi connectivity index (χ0v) is 19.9. The number of hydrogen-bond acceptors (Lipinski definition) is 10. The number of aromatic nitrogens is 2. The van der Waals surface area contributed by atoms with E-state index in [0.717, 1.165) is 33.8 Å². The van der Waals surface area contributed by atoms with Crippen LogP contribution in [-0.4, -0.2) is 35.9 Å². The lowest BCUT2D eigenvalue weighted by atomic mass is 10.1. The summed E-state index contributed by atoms with van der Waals surface area (Å²) in [6, 6.07) is 6.97. The monoisotopic (exact) mass is 512 g/mol. The van der Waals surface area contributed by atoms with Crippen LogP contribution in [0.1, 0.15) is 25.0 Å². The van der Waals surface area contributed by atoms with Crippen molar-refractivity contribution in [1.82, 2.24) is 9.97 Å². The third kappa shape index (κ3) is 4.16. The minimum Gasteiger partial charge on any atom is -0.280 e. The molecule has 0 aliphatic heterocycles. The molecular formula is C18H16N4O6S4. The minimum absolute atomic E-state index is 0.285. The number of nitrogens with zero attached hydrogens (tertiary/aromatic N) is 4. The topological polar surface area (TPSA) is 159 Å². The van der Waals surface area contributed by atoms with E-state index in [4.69, 9.17) is 0 Å². The van der Waals surface area contributed by atoms with E-state index in [0.29, 0.717) is 33.6 Å². The zero-order valence-electron chi connectivity index (χ0n) is 16.7. The number of azo groups is 1. The lowest BCUT2D eigenvalue weighted by Gasteiger charge is -2.05. The number of fused-ring (bicyclic) bond motifs is 2. The fourth-order valence-corrected chi connectivity index (χ4v) is 6.31. The summed E-state index contributed by atoms with van der Waals surface area (Å²) in [5.41, 5.74) is 2.78. The van der Waals surface area contributed by atoms with Gasteiger partial charge in [0.2, 0.25) is 8.68 Å². The van der Waals surface area contributed by atoms with Gasteiger partial charge in [0.25, 0.3) is 0 Å². The van der Waals surface area contributed by atoms with E-state index in [1.165, 1.54) is 0 Å². The van der Waals surface area contributed by atoms with Gasteiger partial charge in [-0.3, -0.25) is 9.11 Å². The Labute approximate surface area is 191 Å². The summed E-state index contributed by atoms with van der Waals surface area (Å²) in [5.74, 6) is 0. The second kappa shape index (κ2) is 8.20. The Morgan fingerprint density at radius 3 is 1.44 bits per heavy atom. The van der Waals surface area contributed by atoms with E-state index in [1.807, 2.05) is 13.8 Å². The van der Waals surface area contributed by atoms with Crippen LogP contribution in [0.4, 0.5) is 11.4 Å². The number of hydrogen-bond donors (Lipinski definition) is 2. The first kappa shape index (κ1) is 22.8. The van der Waals surface area contributed by atoms with Crippen molar-refractivity contribution >= 4 is 74.7 Å². The number of aryl methyl sites for hydroxylation is 2. The molecule has 2 aromatic heterocycles. The average molecular weight is 513 g/mol. The van der Waals surface area contributed by atoms with Gasteiger partial charge in [0.1, 0.15) is 22.4 Å². The first-order chi connectivity index (χ1) is 15.0. The Kier molecular flexibility index (Phi) is 5.85. The van der Waals surface area contributed by atoms with Crippen molar-refractivity contribution in [2.75, 3.05) is 0 Å². The molecule has 4 rings (SSSR count). The van der Waals surface area contributed by atoms with Crippen LogP contribution in [0.3, 0.4) is 0 Å². The van der Waals surface area contributed by atoms with Crippen molar-refractivity contribution in [3.63, 3.8) is 0 Å². The molecular weight excluding hydrogens is 496 g/mol. The molecule has 32 heavy (non-hydrogen) atoms. The number of thiazole rings is 2. The summed E-state index contributed by atoms with van der Waals surface area (Å²) in [6.45, 7) is 3.79. The van der Waals surface area contributed by atoms with Crippen LogP contribution in [0.2, 0.25) is 0 Å². The van der Waals surface area contributed by atoms with E-state index < -0.39 is 28.9 Å². The lowest BCUT2D eigenvalue weighted by Crippen LogP contribution is -1.96. The van der Waals surface area contributed by atoms with Gasteiger partial charge in [-0.15, -0.1) is 32.9 Å². The van der Waals surface area contributed by atoms with Crippen molar-refractivity contribution in [2.24, 2.45) is 10.2 Å². The Hall–Kier alpha value is -2.36. The van der Waals surface area contributed by atoms with Gasteiger partial charge in [0.15, 0.2) is 0 Å². The van der Waals surface area contributed by atoms with Crippen LogP contribution >= 0.6 is 22.7 Å². The molecule has 168 valence electrons. The molecule has 0 saturated carbocycles. The highest BCUT2D eigenvalue weighted by Gasteiger charge is 2.21. The maximum Gasteiger partial charge on any atom is 0.322 e. The van der Waals surface area contributed by atoms with Gasteiger partial charge in [-0.1, -0.05) is 26.0 Å². The van der Waals surface area contributed by atoms with E-state index in [-0.39, 0.29) is 11.0 Å². The molecule has 0 aliphatic carbocycles. The molecule has 0 aliphatic rings. The van der Waals surface area contributed by atoms with E-state index in [1.54, 1.807) is 24.3 Å². The van der Waals surface area contributed by atoms with Crippen LogP contribution in [0.15, 0.2) is 43.2 Å². The molecule has 0 radical (unpaired) electrons. The van der Waals surface area contributed by atoms with Crippen molar-refractivity contribution in [2.45, 2.75) is 35.4 Å². The largest absolute Gasteiger partial charge is 0.322 e.